The Balaban J connectivity index is 3.09. The molecule has 0 heterocycles. The molecule has 0 aromatic carbocycles. The highest BCUT2D eigenvalue weighted by molar-refractivity contribution is 5.15. The molecular formula is C11H16N2O. The first kappa shape index (κ1) is 11.0. The van der Waals surface area contributed by atoms with Gasteiger partial charge in [0.25, 0.3) is 0 Å². The Morgan fingerprint density at radius 1 is 1.29 bits per heavy atom. The Kier molecular flexibility index (Phi) is 2.56. The standard InChI is InChI=1S/C11H16N2O/c1-10(2)9(14)4-5-11(10,3)8(6-12)7-13/h8-9,14H,4-5H2,1-3H3/t9-,11+/m1/s1. The number of hydrogen-bond donors (Lipinski definition) is 1. The first-order valence-corrected chi connectivity index (χ1v) is 4.87. The lowest BCUT2D eigenvalue weighted by Crippen LogP contribution is -2.41. The van der Waals surface area contributed by atoms with Gasteiger partial charge in [0.05, 0.1) is 18.2 Å². The molecule has 1 aliphatic rings. The monoisotopic (exact) mass is 192 g/mol. The van der Waals surface area contributed by atoms with Gasteiger partial charge in [0.15, 0.2) is 0 Å². The summed E-state index contributed by atoms with van der Waals surface area (Å²) in [6, 6.07) is 4.08. The number of rotatable bonds is 1. The largest absolute Gasteiger partial charge is 0.393 e. The molecule has 0 radical (unpaired) electrons. The fraction of sp³-hybridized carbons (Fsp3) is 0.818. The summed E-state index contributed by atoms with van der Waals surface area (Å²) < 4.78 is 0. The number of nitriles is 2. The molecule has 0 aliphatic heterocycles. The molecule has 0 amide bonds. The molecule has 1 N–H and O–H groups in total. The summed E-state index contributed by atoms with van der Waals surface area (Å²) in [7, 11) is 0. The summed E-state index contributed by atoms with van der Waals surface area (Å²) in [5, 5.41) is 27.6. The number of hydrogen-bond acceptors (Lipinski definition) is 3. The van der Waals surface area contributed by atoms with Crippen LogP contribution in [-0.2, 0) is 0 Å². The molecule has 3 heteroatoms. The van der Waals surface area contributed by atoms with Gasteiger partial charge in [-0.25, -0.2) is 0 Å². The highest BCUT2D eigenvalue weighted by atomic mass is 16.3. The van der Waals surface area contributed by atoms with E-state index >= 15 is 0 Å². The second-order valence-corrected chi connectivity index (χ2v) is 4.88. The fourth-order valence-electron chi connectivity index (χ4n) is 2.33. The van der Waals surface area contributed by atoms with E-state index in [-0.39, 0.29) is 5.41 Å². The normalized spacial score (nSPS) is 35.2. The van der Waals surface area contributed by atoms with E-state index in [2.05, 4.69) is 0 Å². The first-order valence-electron chi connectivity index (χ1n) is 4.87. The first-order chi connectivity index (χ1) is 6.40. The van der Waals surface area contributed by atoms with E-state index in [1.54, 1.807) is 0 Å². The molecule has 76 valence electrons. The summed E-state index contributed by atoms with van der Waals surface area (Å²) in [5.74, 6) is -0.630. The van der Waals surface area contributed by atoms with Crippen LogP contribution in [0.25, 0.3) is 0 Å². The maximum Gasteiger partial charge on any atom is 0.139 e. The topological polar surface area (TPSA) is 67.8 Å². The lowest BCUT2D eigenvalue weighted by molar-refractivity contribution is 0.00169. The van der Waals surface area contributed by atoms with Gasteiger partial charge in [-0.15, -0.1) is 0 Å². The minimum Gasteiger partial charge on any atom is -0.393 e. The molecule has 0 bridgehead atoms. The van der Waals surface area contributed by atoms with Crippen molar-refractivity contribution in [1.29, 1.82) is 10.5 Å². The van der Waals surface area contributed by atoms with E-state index in [1.807, 2.05) is 32.9 Å². The minimum absolute atomic E-state index is 0.358. The zero-order chi connectivity index (χ0) is 11.0. The van der Waals surface area contributed by atoms with Crippen LogP contribution < -0.4 is 0 Å². The third kappa shape index (κ3) is 1.21. The quantitative estimate of drug-likeness (QED) is 0.689. The van der Waals surface area contributed by atoms with Crippen molar-refractivity contribution in [1.82, 2.24) is 0 Å². The van der Waals surface area contributed by atoms with Crippen molar-refractivity contribution in [3.63, 3.8) is 0 Å². The van der Waals surface area contributed by atoms with Crippen molar-refractivity contribution in [3.8, 4) is 12.1 Å². The van der Waals surface area contributed by atoms with Gasteiger partial charge in [0, 0.05) is 5.41 Å². The molecule has 0 saturated heterocycles. The molecule has 1 fully saturated rings. The van der Waals surface area contributed by atoms with Crippen LogP contribution in [0.3, 0.4) is 0 Å². The van der Waals surface area contributed by atoms with E-state index in [9.17, 15) is 5.11 Å². The van der Waals surface area contributed by atoms with Gasteiger partial charge in [-0.1, -0.05) is 20.8 Å². The molecular weight excluding hydrogens is 176 g/mol. The lowest BCUT2D eigenvalue weighted by Gasteiger charge is -2.40. The Morgan fingerprint density at radius 2 is 1.79 bits per heavy atom. The van der Waals surface area contributed by atoms with Gasteiger partial charge in [0.2, 0.25) is 0 Å². The van der Waals surface area contributed by atoms with Gasteiger partial charge in [-0.2, -0.15) is 10.5 Å². The van der Waals surface area contributed by atoms with Gasteiger partial charge in [-0.3, -0.25) is 0 Å². The van der Waals surface area contributed by atoms with Crippen LogP contribution >= 0.6 is 0 Å². The Hall–Kier alpha value is -1.06. The van der Waals surface area contributed by atoms with Crippen LogP contribution in [0.2, 0.25) is 0 Å². The molecule has 1 rings (SSSR count). The average molecular weight is 192 g/mol. The summed E-state index contributed by atoms with van der Waals surface area (Å²) >= 11 is 0. The van der Waals surface area contributed by atoms with E-state index in [1.165, 1.54) is 0 Å². The number of aliphatic hydroxyl groups is 1. The minimum atomic E-state index is -0.630. The zero-order valence-electron chi connectivity index (χ0n) is 8.91. The second-order valence-electron chi connectivity index (χ2n) is 4.88. The zero-order valence-corrected chi connectivity index (χ0v) is 8.91. The van der Waals surface area contributed by atoms with Crippen LogP contribution in [0.4, 0.5) is 0 Å². The van der Waals surface area contributed by atoms with Crippen LogP contribution in [-0.4, -0.2) is 11.2 Å². The molecule has 0 spiro atoms. The van der Waals surface area contributed by atoms with Crippen molar-refractivity contribution in [2.24, 2.45) is 16.7 Å². The van der Waals surface area contributed by atoms with E-state index in [0.717, 1.165) is 6.42 Å². The van der Waals surface area contributed by atoms with Crippen molar-refractivity contribution in [3.05, 3.63) is 0 Å². The molecule has 2 atom stereocenters. The van der Waals surface area contributed by atoms with Crippen LogP contribution in [0.15, 0.2) is 0 Å². The third-order valence-corrected chi connectivity index (χ3v) is 4.14. The highest BCUT2D eigenvalue weighted by Gasteiger charge is 2.55. The van der Waals surface area contributed by atoms with E-state index < -0.39 is 17.4 Å². The van der Waals surface area contributed by atoms with Crippen molar-refractivity contribution < 1.29 is 5.11 Å². The Labute approximate surface area is 85.0 Å². The van der Waals surface area contributed by atoms with Crippen molar-refractivity contribution in [2.45, 2.75) is 39.7 Å². The molecule has 0 aromatic heterocycles. The molecule has 14 heavy (non-hydrogen) atoms. The SMILES string of the molecule is CC1(C)[C@H](O)CC[C@@]1(C)C(C#N)C#N. The summed E-state index contributed by atoms with van der Waals surface area (Å²) in [4.78, 5) is 0. The van der Waals surface area contributed by atoms with Crippen molar-refractivity contribution in [2.75, 3.05) is 0 Å². The molecule has 3 nitrogen and oxygen atoms in total. The summed E-state index contributed by atoms with van der Waals surface area (Å²) in [6.07, 6.45) is 1.02. The Morgan fingerprint density at radius 3 is 2.07 bits per heavy atom. The lowest BCUT2D eigenvalue weighted by atomic mass is 9.62. The van der Waals surface area contributed by atoms with Gasteiger partial charge in [-0.05, 0) is 18.3 Å². The fourth-order valence-corrected chi connectivity index (χ4v) is 2.33. The third-order valence-electron chi connectivity index (χ3n) is 4.14. The van der Waals surface area contributed by atoms with Crippen LogP contribution in [0.5, 0.6) is 0 Å². The van der Waals surface area contributed by atoms with E-state index in [0.29, 0.717) is 6.42 Å². The summed E-state index contributed by atoms with van der Waals surface area (Å²) in [5.41, 5.74) is -0.751. The summed E-state index contributed by atoms with van der Waals surface area (Å²) in [6.45, 7) is 5.80. The predicted molar refractivity (Wildman–Crippen MR) is 51.8 cm³/mol. The number of nitrogens with zero attached hydrogens (tertiary/aromatic N) is 2. The van der Waals surface area contributed by atoms with Gasteiger partial charge < -0.3 is 5.11 Å². The molecule has 0 unspecified atom stereocenters. The van der Waals surface area contributed by atoms with Crippen LogP contribution in [0.1, 0.15) is 33.6 Å². The van der Waals surface area contributed by atoms with Crippen LogP contribution in [0, 0.1) is 39.4 Å². The van der Waals surface area contributed by atoms with Gasteiger partial charge in [0.1, 0.15) is 5.92 Å². The highest BCUT2D eigenvalue weighted by Crippen LogP contribution is 2.56. The number of aliphatic hydroxyl groups excluding tert-OH is 1. The second kappa shape index (κ2) is 3.26. The maximum absolute atomic E-state index is 9.81. The Bertz CT molecular complexity index is 296. The average Bonchev–Trinajstić information content (AvgIpc) is 2.33. The smallest absolute Gasteiger partial charge is 0.139 e. The molecule has 1 saturated carbocycles. The predicted octanol–water partition coefficient (Wildman–Crippen LogP) is 1.84. The van der Waals surface area contributed by atoms with Gasteiger partial charge >= 0.3 is 0 Å². The van der Waals surface area contributed by atoms with E-state index in [4.69, 9.17) is 10.5 Å². The maximum atomic E-state index is 9.81. The molecule has 1 aliphatic carbocycles. The van der Waals surface area contributed by atoms with Crippen molar-refractivity contribution >= 4 is 0 Å². The molecule has 0 aromatic rings.